The van der Waals surface area contributed by atoms with E-state index in [0.717, 1.165) is 6.54 Å². The van der Waals surface area contributed by atoms with E-state index in [4.69, 9.17) is 0 Å². The Hall–Kier alpha value is -1.21. The molecule has 0 bridgehead atoms. The highest BCUT2D eigenvalue weighted by molar-refractivity contribution is 7.99. The van der Waals surface area contributed by atoms with E-state index in [1.165, 1.54) is 0 Å². The molecule has 1 rings (SSSR count). The Morgan fingerprint density at radius 2 is 1.87 bits per heavy atom. The number of sulfone groups is 1. The van der Waals surface area contributed by atoms with Crippen LogP contribution in [-0.4, -0.2) is 51.3 Å². The highest BCUT2D eigenvalue weighted by atomic mass is 32.2. The Kier molecular flexibility index (Phi) is 7.91. The number of hydrogen-bond acceptors (Lipinski definition) is 4. The minimum absolute atomic E-state index is 0.119. The molecular formula is C16H27N3O2S2. The fourth-order valence-electron chi connectivity index (χ4n) is 1.80. The lowest BCUT2D eigenvalue weighted by Gasteiger charge is -2.23. The van der Waals surface area contributed by atoms with Gasteiger partial charge in [-0.3, -0.25) is 4.99 Å². The molecule has 0 aliphatic rings. The molecule has 0 aliphatic carbocycles. The molecule has 0 saturated carbocycles. The molecule has 0 atom stereocenters. The van der Waals surface area contributed by atoms with Crippen LogP contribution in [0.5, 0.6) is 0 Å². The van der Waals surface area contributed by atoms with Crippen molar-refractivity contribution in [2.24, 2.45) is 4.99 Å². The van der Waals surface area contributed by atoms with Crippen LogP contribution in [0.25, 0.3) is 0 Å². The van der Waals surface area contributed by atoms with Gasteiger partial charge >= 0.3 is 0 Å². The van der Waals surface area contributed by atoms with Crippen LogP contribution in [-0.2, 0) is 9.84 Å². The van der Waals surface area contributed by atoms with E-state index in [1.807, 2.05) is 6.07 Å². The summed E-state index contributed by atoms with van der Waals surface area (Å²) >= 11 is 1.78. The molecule has 0 aromatic heterocycles. The summed E-state index contributed by atoms with van der Waals surface area (Å²) in [7, 11) is -1.50. The van der Waals surface area contributed by atoms with Crippen LogP contribution < -0.4 is 10.6 Å². The number of guanidine groups is 1. The third kappa shape index (κ3) is 7.26. The maximum Gasteiger partial charge on any atom is 0.191 e. The van der Waals surface area contributed by atoms with Crippen molar-refractivity contribution in [2.45, 2.75) is 29.9 Å². The summed E-state index contributed by atoms with van der Waals surface area (Å²) in [6, 6.07) is 8.56. The first-order chi connectivity index (χ1) is 10.8. The van der Waals surface area contributed by atoms with E-state index in [1.54, 1.807) is 43.1 Å². The molecule has 2 N–H and O–H groups in total. The van der Waals surface area contributed by atoms with Crippen molar-refractivity contribution in [3.63, 3.8) is 0 Å². The van der Waals surface area contributed by atoms with Crippen LogP contribution in [0.2, 0.25) is 0 Å². The molecule has 1 aromatic carbocycles. The molecule has 0 saturated heterocycles. The molecule has 0 radical (unpaired) electrons. The lowest BCUT2D eigenvalue weighted by molar-refractivity contribution is 0.592. The van der Waals surface area contributed by atoms with Gasteiger partial charge in [-0.25, -0.2) is 8.42 Å². The van der Waals surface area contributed by atoms with E-state index in [9.17, 15) is 8.42 Å². The summed E-state index contributed by atoms with van der Waals surface area (Å²) in [5, 5.41) is 6.41. The SMILES string of the molecule is CN=C(NCCCS(=O)(=O)c1ccccc1)NCC(C)(C)SC. The van der Waals surface area contributed by atoms with Crippen LogP contribution in [0, 0.1) is 0 Å². The largest absolute Gasteiger partial charge is 0.356 e. The Morgan fingerprint density at radius 3 is 2.43 bits per heavy atom. The molecule has 0 unspecified atom stereocenters. The lowest BCUT2D eigenvalue weighted by atomic mass is 10.2. The van der Waals surface area contributed by atoms with Gasteiger partial charge in [0.05, 0.1) is 10.6 Å². The molecule has 0 aliphatic heterocycles. The van der Waals surface area contributed by atoms with Gasteiger partial charge in [-0.05, 0) is 38.7 Å². The molecule has 0 fully saturated rings. The third-order valence-corrected chi connectivity index (χ3v) is 6.51. The van der Waals surface area contributed by atoms with Crippen molar-refractivity contribution < 1.29 is 8.42 Å². The number of rotatable bonds is 8. The maximum absolute atomic E-state index is 12.2. The van der Waals surface area contributed by atoms with Gasteiger partial charge in [-0.1, -0.05) is 18.2 Å². The molecule has 0 heterocycles. The van der Waals surface area contributed by atoms with Crippen molar-refractivity contribution in [1.82, 2.24) is 10.6 Å². The smallest absolute Gasteiger partial charge is 0.191 e. The first-order valence-corrected chi connectivity index (χ1v) is 10.5. The molecular weight excluding hydrogens is 330 g/mol. The van der Waals surface area contributed by atoms with Gasteiger partial charge in [0, 0.05) is 24.9 Å². The summed E-state index contributed by atoms with van der Waals surface area (Å²) < 4.78 is 24.5. The minimum Gasteiger partial charge on any atom is -0.356 e. The van der Waals surface area contributed by atoms with Crippen LogP contribution in [0.4, 0.5) is 0 Å². The molecule has 0 amide bonds. The van der Waals surface area contributed by atoms with Crippen LogP contribution >= 0.6 is 11.8 Å². The van der Waals surface area contributed by atoms with Crippen molar-refractivity contribution in [3.05, 3.63) is 30.3 Å². The zero-order chi connectivity index (χ0) is 17.3. The van der Waals surface area contributed by atoms with Gasteiger partial charge < -0.3 is 10.6 Å². The number of aliphatic imine (C=N–C) groups is 1. The standard InChI is InChI=1S/C16H27N3O2S2/c1-16(2,22-4)13-19-15(17-3)18-11-8-12-23(20,21)14-9-6-5-7-10-14/h5-7,9-10H,8,11-13H2,1-4H3,(H2,17,18,19). The Balaban J connectivity index is 2.38. The first kappa shape index (κ1) is 19.8. The fraction of sp³-hybridized carbons (Fsp3) is 0.562. The van der Waals surface area contributed by atoms with Gasteiger partial charge in [0.25, 0.3) is 0 Å². The van der Waals surface area contributed by atoms with Crippen molar-refractivity contribution in [3.8, 4) is 0 Å². The average molecular weight is 358 g/mol. The topological polar surface area (TPSA) is 70.6 Å². The van der Waals surface area contributed by atoms with Crippen molar-refractivity contribution in [2.75, 3.05) is 32.1 Å². The van der Waals surface area contributed by atoms with Crippen LogP contribution in [0.15, 0.2) is 40.2 Å². The normalized spacial score (nSPS) is 13.0. The van der Waals surface area contributed by atoms with Crippen LogP contribution in [0.3, 0.4) is 0 Å². The van der Waals surface area contributed by atoms with Gasteiger partial charge in [0.15, 0.2) is 15.8 Å². The average Bonchev–Trinajstić information content (AvgIpc) is 2.55. The molecule has 5 nitrogen and oxygen atoms in total. The van der Waals surface area contributed by atoms with Gasteiger partial charge in [0.2, 0.25) is 0 Å². The predicted octanol–water partition coefficient (Wildman–Crippen LogP) is 2.16. The van der Waals surface area contributed by atoms with E-state index in [-0.39, 0.29) is 10.5 Å². The second kappa shape index (κ2) is 9.17. The van der Waals surface area contributed by atoms with Gasteiger partial charge in [0.1, 0.15) is 0 Å². The summed E-state index contributed by atoms with van der Waals surface area (Å²) in [5.41, 5.74) is 0. The van der Waals surface area contributed by atoms with E-state index >= 15 is 0 Å². The number of nitrogens with one attached hydrogen (secondary N) is 2. The summed E-state index contributed by atoms with van der Waals surface area (Å²) in [6.45, 7) is 5.66. The zero-order valence-electron chi connectivity index (χ0n) is 14.3. The molecule has 130 valence electrons. The zero-order valence-corrected chi connectivity index (χ0v) is 15.9. The monoisotopic (exact) mass is 357 g/mol. The van der Waals surface area contributed by atoms with E-state index < -0.39 is 9.84 Å². The summed E-state index contributed by atoms with van der Waals surface area (Å²) in [4.78, 5) is 4.53. The quantitative estimate of drug-likeness (QED) is 0.424. The molecule has 1 aromatic rings. The Labute approximate surface area is 144 Å². The number of nitrogens with zero attached hydrogens (tertiary/aromatic N) is 1. The number of thioether (sulfide) groups is 1. The first-order valence-electron chi connectivity index (χ1n) is 7.58. The fourth-order valence-corrected chi connectivity index (χ4v) is 3.35. The highest BCUT2D eigenvalue weighted by Crippen LogP contribution is 2.19. The molecule has 23 heavy (non-hydrogen) atoms. The molecule has 7 heteroatoms. The summed E-state index contributed by atoms with van der Waals surface area (Å²) in [5.74, 6) is 0.821. The van der Waals surface area contributed by atoms with Crippen molar-refractivity contribution in [1.29, 1.82) is 0 Å². The lowest BCUT2D eigenvalue weighted by Crippen LogP contribution is -2.43. The third-order valence-electron chi connectivity index (χ3n) is 3.44. The van der Waals surface area contributed by atoms with E-state index in [0.29, 0.717) is 23.8 Å². The molecule has 0 spiro atoms. The van der Waals surface area contributed by atoms with Crippen molar-refractivity contribution >= 4 is 27.6 Å². The van der Waals surface area contributed by atoms with E-state index in [2.05, 4.69) is 35.7 Å². The highest BCUT2D eigenvalue weighted by Gasteiger charge is 2.16. The second-order valence-corrected chi connectivity index (χ2v) is 9.42. The van der Waals surface area contributed by atoms with Gasteiger partial charge in [-0.2, -0.15) is 11.8 Å². The Morgan fingerprint density at radius 1 is 1.22 bits per heavy atom. The number of hydrogen-bond donors (Lipinski definition) is 2. The Bertz CT molecular complexity index is 599. The second-order valence-electron chi connectivity index (χ2n) is 5.80. The number of benzene rings is 1. The minimum atomic E-state index is -3.21. The predicted molar refractivity (Wildman–Crippen MR) is 100 cm³/mol. The van der Waals surface area contributed by atoms with Crippen LogP contribution in [0.1, 0.15) is 20.3 Å². The maximum atomic E-state index is 12.2. The summed E-state index contributed by atoms with van der Waals surface area (Å²) in [6.07, 6.45) is 2.61. The van der Waals surface area contributed by atoms with Gasteiger partial charge in [-0.15, -0.1) is 0 Å².